The molecule has 0 aliphatic heterocycles. The average Bonchev–Trinajstić information content (AvgIpc) is 3.29. The van der Waals surface area contributed by atoms with E-state index in [9.17, 15) is 5.11 Å². The van der Waals surface area contributed by atoms with E-state index in [2.05, 4.69) is 42.5 Å². The van der Waals surface area contributed by atoms with Crippen molar-refractivity contribution in [1.82, 2.24) is 0 Å². The zero-order chi connectivity index (χ0) is 25.6. The summed E-state index contributed by atoms with van der Waals surface area (Å²) in [6.45, 7) is 0. The SMILES string of the molecule is OC1(c2ccc(-c3ccc4oc5ccccc5c4c3)cc2-c2ccc(Cl)cc2Cl)C2CC3CC(C2)CC1C3. The Kier molecular flexibility index (Phi) is 5.09. The molecule has 4 saturated carbocycles. The first-order chi connectivity index (χ1) is 18.5. The average molecular weight is 540 g/mol. The van der Waals surface area contributed by atoms with Gasteiger partial charge >= 0.3 is 0 Å². The Morgan fingerprint density at radius 2 is 1.34 bits per heavy atom. The van der Waals surface area contributed by atoms with Crippen molar-refractivity contribution in [2.24, 2.45) is 23.7 Å². The first kappa shape index (κ1) is 23.1. The number of fused-ring (bicyclic) bond motifs is 3. The van der Waals surface area contributed by atoms with Crippen molar-refractivity contribution in [3.05, 3.63) is 94.5 Å². The minimum atomic E-state index is -0.824. The molecular formula is C34H28Cl2O2. The smallest absolute Gasteiger partial charge is 0.135 e. The zero-order valence-electron chi connectivity index (χ0n) is 21.0. The minimum absolute atomic E-state index is 0.308. The van der Waals surface area contributed by atoms with Crippen LogP contribution in [0.2, 0.25) is 10.0 Å². The van der Waals surface area contributed by atoms with E-state index in [1.54, 1.807) is 6.07 Å². The predicted octanol–water partition coefficient (Wildman–Crippen LogP) is 9.87. The Labute approximate surface area is 232 Å². The molecule has 0 amide bonds. The summed E-state index contributed by atoms with van der Waals surface area (Å²) < 4.78 is 6.07. The number of hydrogen-bond donors (Lipinski definition) is 1. The lowest BCUT2D eigenvalue weighted by Gasteiger charge is -2.59. The number of hydrogen-bond acceptors (Lipinski definition) is 2. The molecule has 4 heteroatoms. The molecule has 0 radical (unpaired) electrons. The standard InChI is InChI=1S/C34H28Cl2O2/c35-25-7-8-26(31(36)18-25)28-16-21(22-6-10-33-29(17-22)27-3-1-2-4-32(27)38-33)5-9-30(28)34(37)23-12-19-11-20(14-23)15-24(34)13-19/h1-10,16-20,23-24,37H,11-15H2. The van der Waals surface area contributed by atoms with Crippen molar-refractivity contribution < 1.29 is 9.52 Å². The number of rotatable bonds is 3. The molecule has 1 aromatic heterocycles. The van der Waals surface area contributed by atoms with Crippen LogP contribution < -0.4 is 0 Å². The first-order valence-corrected chi connectivity index (χ1v) is 14.5. The maximum Gasteiger partial charge on any atom is 0.135 e. The topological polar surface area (TPSA) is 33.4 Å². The van der Waals surface area contributed by atoms with Crippen LogP contribution in [0.25, 0.3) is 44.2 Å². The van der Waals surface area contributed by atoms with Gasteiger partial charge in [0.05, 0.1) is 5.60 Å². The fourth-order valence-corrected chi connectivity index (χ4v) is 8.76. The van der Waals surface area contributed by atoms with E-state index in [1.807, 2.05) is 30.3 Å². The van der Waals surface area contributed by atoms with Gasteiger partial charge in [-0.25, -0.2) is 0 Å². The molecule has 4 bridgehead atoms. The van der Waals surface area contributed by atoms with Crippen LogP contribution in [0.1, 0.15) is 37.7 Å². The summed E-state index contributed by atoms with van der Waals surface area (Å²) in [5.41, 5.74) is 6.11. The maximum atomic E-state index is 12.6. The number of aliphatic hydroxyl groups is 1. The molecule has 4 aromatic carbocycles. The fraction of sp³-hybridized carbons (Fsp3) is 0.294. The van der Waals surface area contributed by atoms with Crippen LogP contribution in [0.4, 0.5) is 0 Å². The monoisotopic (exact) mass is 538 g/mol. The molecule has 1 heterocycles. The minimum Gasteiger partial charge on any atom is -0.456 e. The maximum absolute atomic E-state index is 12.6. The lowest BCUT2D eigenvalue weighted by atomic mass is 9.48. The van der Waals surface area contributed by atoms with Gasteiger partial charge in [-0.05, 0) is 114 Å². The Morgan fingerprint density at radius 3 is 2.11 bits per heavy atom. The van der Waals surface area contributed by atoms with E-state index in [-0.39, 0.29) is 0 Å². The molecule has 1 N–H and O–H groups in total. The highest BCUT2D eigenvalue weighted by Gasteiger charge is 2.57. The van der Waals surface area contributed by atoms with Crippen LogP contribution in [0.5, 0.6) is 0 Å². The van der Waals surface area contributed by atoms with Crippen molar-refractivity contribution in [1.29, 1.82) is 0 Å². The second-order valence-electron chi connectivity index (χ2n) is 11.8. The van der Waals surface area contributed by atoms with Crippen LogP contribution in [0.3, 0.4) is 0 Å². The van der Waals surface area contributed by atoms with Gasteiger partial charge in [0.25, 0.3) is 0 Å². The van der Waals surface area contributed by atoms with Crippen LogP contribution in [-0.2, 0) is 5.60 Å². The summed E-state index contributed by atoms with van der Waals surface area (Å²) in [5.74, 6) is 2.17. The van der Waals surface area contributed by atoms with E-state index >= 15 is 0 Å². The zero-order valence-corrected chi connectivity index (χ0v) is 22.5. The van der Waals surface area contributed by atoms with E-state index in [0.717, 1.165) is 87.3 Å². The predicted molar refractivity (Wildman–Crippen MR) is 156 cm³/mol. The first-order valence-electron chi connectivity index (χ1n) is 13.7. The fourth-order valence-electron chi connectivity index (χ4n) is 8.25. The molecule has 4 aliphatic carbocycles. The molecule has 38 heavy (non-hydrogen) atoms. The highest BCUT2D eigenvalue weighted by Crippen LogP contribution is 2.63. The van der Waals surface area contributed by atoms with Gasteiger partial charge in [0, 0.05) is 26.4 Å². The third kappa shape index (κ3) is 3.37. The highest BCUT2D eigenvalue weighted by atomic mass is 35.5. The largest absolute Gasteiger partial charge is 0.456 e. The quantitative estimate of drug-likeness (QED) is 0.248. The Hall–Kier alpha value is -2.78. The molecular weight excluding hydrogens is 511 g/mol. The molecule has 4 fully saturated rings. The number of furan rings is 1. The third-order valence-corrected chi connectivity index (χ3v) is 10.3. The molecule has 0 unspecified atom stereocenters. The van der Waals surface area contributed by atoms with E-state index in [1.165, 1.54) is 6.42 Å². The molecule has 0 spiro atoms. The molecule has 0 atom stereocenters. The summed E-state index contributed by atoms with van der Waals surface area (Å²) in [4.78, 5) is 0. The molecule has 190 valence electrons. The summed E-state index contributed by atoms with van der Waals surface area (Å²) in [6.07, 6.45) is 5.86. The normalized spacial score (nSPS) is 28.0. The summed E-state index contributed by atoms with van der Waals surface area (Å²) in [7, 11) is 0. The van der Waals surface area contributed by atoms with Crippen LogP contribution in [-0.4, -0.2) is 5.11 Å². The van der Waals surface area contributed by atoms with Gasteiger partial charge in [0.2, 0.25) is 0 Å². The van der Waals surface area contributed by atoms with Crippen molar-refractivity contribution in [3.63, 3.8) is 0 Å². The van der Waals surface area contributed by atoms with E-state index in [4.69, 9.17) is 27.6 Å². The van der Waals surface area contributed by atoms with Crippen molar-refractivity contribution in [2.45, 2.75) is 37.7 Å². The molecule has 2 nitrogen and oxygen atoms in total. The molecule has 5 aromatic rings. The van der Waals surface area contributed by atoms with Gasteiger partial charge in [0.1, 0.15) is 11.2 Å². The van der Waals surface area contributed by atoms with Gasteiger partial charge in [-0.15, -0.1) is 0 Å². The number of benzene rings is 4. The summed E-state index contributed by atoms with van der Waals surface area (Å²) >= 11 is 13.1. The van der Waals surface area contributed by atoms with Crippen LogP contribution in [0.15, 0.2) is 83.3 Å². The van der Waals surface area contributed by atoms with Gasteiger partial charge in [-0.2, -0.15) is 0 Å². The molecule has 9 rings (SSSR count). The van der Waals surface area contributed by atoms with Crippen molar-refractivity contribution in [2.75, 3.05) is 0 Å². The van der Waals surface area contributed by atoms with Gasteiger partial charge in [-0.1, -0.05) is 65.7 Å². The highest BCUT2D eigenvalue weighted by molar-refractivity contribution is 6.36. The van der Waals surface area contributed by atoms with Crippen molar-refractivity contribution >= 4 is 45.1 Å². The Balaban J connectivity index is 1.32. The molecule has 0 saturated heterocycles. The Morgan fingerprint density at radius 1 is 0.658 bits per heavy atom. The van der Waals surface area contributed by atoms with Gasteiger partial charge in [0.15, 0.2) is 0 Å². The summed E-state index contributed by atoms with van der Waals surface area (Å²) in [5, 5.41) is 16.0. The lowest BCUT2D eigenvalue weighted by molar-refractivity contribution is -0.179. The summed E-state index contributed by atoms with van der Waals surface area (Å²) in [6, 6.07) is 26.8. The molecule has 4 aliphatic rings. The number of para-hydroxylation sites is 1. The van der Waals surface area contributed by atoms with E-state index in [0.29, 0.717) is 21.9 Å². The van der Waals surface area contributed by atoms with E-state index < -0.39 is 5.60 Å². The van der Waals surface area contributed by atoms with Crippen LogP contribution in [0, 0.1) is 23.7 Å². The number of halogens is 2. The van der Waals surface area contributed by atoms with Crippen LogP contribution >= 0.6 is 23.2 Å². The van der Waals surface area contributed by atoms with Gasteiger partial charge in [-0.3, -0.25) is 0 Å². The van der Waals surface area contributed by atoms with Crippen molar-refractivity contribution in [3.8, 4) is 22.3 Å². The Bertz CT molecular complexity index is 1700. The lowest BCUT2D eigenvalue weighted by Crippen LogP contribution is -2.55. The second kappa shape index (κ2) is 8.36. The van der Waals surface area contributed by atoms with Gasteiger partial charge < -0.3 is 9.52 Å². The third-order valence-electron chi connectivity index (χ3n) is 9.77. The second-order valence-corrected chi connectivity index (χ2v) is 12.7.